The summed E-state index contributed by atoms with van der Waals surface area (Å²) in [5.74, 6) is 2.32. The van der Waals surface area contributed by atoms with Crippen LogP contribution in [0.4, 0.5) is 0 Å². The van der Waals surface area contributed by atoms with Gasteiger partial charge in [-0.2, -0.15) is 0 Å². The molecule has 1 saturated heterocycles. The van der Waals surface area contributed by atoms with Gasteiger partial charge >= 0.3 is 0 Å². The number of benzene rings is 2. The Balaban J connectivity index is 1.73. The van der Waals surface area contributed by atoms with E-state index in [9.17, 15) is 0 Å². The van der Waals surface area contributed by atoms with Crippen LogP contribution in [0.5, 0.6) is 11.5 Å². The monoisotopic (exact) mass is 410 g/mol. The van der Waals surface area contributed by atoms with Gasteiger partial charge in [0, 0.05) is 5.56 Å². The van der Waals surface area contributed by atoms with Gasteiger partial charge in [-0.3, -0.25) is 0 Å². The second-order valence-corrected chi connectivity index (χ2v) is 7.84. The average molecular weight is 411 g/mol. The molecule has 30 heavy (non-hydrogen) atoms. The first-order valence-electron chi connectivity index (χ1n) is 10.4. The Morgan fingerprint density at radius 3 is 2.40 bits per heavy atom. The van der Waals surface area contributed by atoms with E-state index in [1.165, 1.54) is 10.5 Å². The number of likely N-dealkylation sites (N-methyl/N-ethyl adjacent to an activating group) is 1. The number of hydrogen-bond acceptors (Lipinski definition) is 5. The molecular weight excluding hydrogens is 380 g/mol. The van der Waals surface area contributed by atoms with Crippen LogP contribution < -0.4 is 19.3 Å². The van der Waals surface area contributed by atoms with Gasteiger partial charge in [-0.15, -0.1) is 5.10 Å². The Kier molecular flexibility index (Phi) is 6.25. The summed E-state index contributed by atoms with van der Waals surface area (Å²) in [5.41, 5.74) is 2.31. The standard InChI is InChI=1S/C22H28N6O2/c1-26-11-13-27(14-12-26)21(18-9-10-19(29-2)20(15-18)30-3)22-23-24-25-28(22)16-17-7-5-4-6-8-17/h4-10,15,21H,11-14,16H2,1-3H3/p+2/t21-/m0/s1. The number of tetrazole rings is 1. The molecule has 2 aromatic carbocycles. The zero-order valence-electron chi connectivity index (χ0n) is 17.8. The lowest BCUT2D eigenvalue weighted by molar-refractivity contribution is -1.02. The maximum absolute atomic E-state index is 5.58. The molecule has 2 heterocycles. The van der Waals surface area contributed by atoms with Crippen LogP contribution >= 0.6 is 0 Å². The number of rotatable bonds is 7. The maximum Gasteiger partial charge on any atom is 0.214 e. The van der Waals surface area contributed by atoms with E-state index < -0.39 is 0 Å². The first kappa shape index (κ1) is 20.3. The highest BCUT2D eigenvalue weighted by Crippen LogP contribution is 2.31. The fourth-order valence-electron chi connectivity index (χ4n) is 4.17. The number of quaternary nitrogens is 2. The van der Waals surface area contributed by atoms with Crippen LogP contribution in [0.2, 0.25) is 0 Å². The Morgan fingerprint density at radius 2 is 1.70 bits per heavy atom. The summed E-state index contributed by atoms with van der Waals surface area (Å²) in [6, 6.07) is 16.5. The lowest BCUT2D eigenvalue weighted by Gasteiger charge is -2.33. The molecule has 1 fully saturated rings. The molecule has 0 radical (unpaired) electrons. The van der Waals surface area contributed by atoms with E-state index in [0.717, 1.165) is 49.1 Å². The SMILES string of the molecule is COc1ccc([C@@H](c2nnnn2Cc2ccccc2)[NH+]2CC[NH+](C)CC2)cc1OC. The third-order valence-corrected chi connectivity index (χ3v) is 5.89. The predicted molar refractivity (Wildman–Crippen MR) is 112 cm³/mol. The average Bonchev–Trinajstić information content (AvgIpc) is 3.23. The van der Waals surface area contributed by atoms with Crippen molar-refractivity contribution in [2.75, 3.05) is 47.4 Å². The third kappa shape index (κ3) is 4.29. The Labute approximate surface area is 177 Å². The molecular formula is C22H30N6O2+2. The van der Waals surface area contributed by atoms with Gasteiger partial charge in [-0.25, -0.2) is 4.68 Å². The molecule has 0 amide bonds. The van der Waals surface area contributed by atoms with Gasteiger partial charge in [-0.1, -0.05) is 30.3 Å². The quantitative estimate of drug-likeness (QED) is 0.536. The lowest BCUT2D eigenvalue weighted by Crippen LogP contribution is -3.27. The molecule has 0 bridgehead atoms. The third-order valence-electron chi connectivity index (χ3n) is 5.89. The van der Waals surface area contributed by atoms with E-state index in [0.29, 0.717) is 6.54 Å². The van der Waals surface area contributed by atoms with Crippen LogP contribution in [0.15, 0.2) is 48.5 Å². The molecule has 0 aliphatic carbocycles. The summed E-state index contributed by atoms with van der Waals surface area (Å²) in [5, 5.41) is 12.8. The molecule has 0 spiro atoms. The van der Waals surface area contributed by atoms with Gasteiger partial charge in [0.2, 0.25) is 5.82 Å². The Hall–Kier alpha value is -2.97. The number of aromatic nitrogens is 4. The zero-order valence-corrected chi connectivity index (χ0v) is 17.8. The molecule has 4 rings (SSSR count). The minimum Gasteiger partial charge on any atom is -0.493 e. The van der Waals surface area contributed by atoms with Gasteiger partial charge < -0.3 is 19.3 Å². The number of hydrogen-bond donors (Lipinski definition) is 2. The first-order valence-corrected chi connectivity index (χ1v) is 10.4. The number of nitrogens with zero attached hydrogens (tertiary/aromatic N) is 4. The van der Waals surface area contributed by atoms with E-state index in [-0.39, 0.29) is 6.04 Å². The summed E-state index contributed by atoms with van der Waals surface area (Å²) < 4.78 is 12.9. The summed E-state index contributed by atoms with van der Waals surface area (Å²) in [7, 11) is 5.58. The van der Waals surface area contributed by atoms with Crippen molar-refractivity contribution in [3.05, 3.63) is 65.5 Å². The topological polar surface area (TPSA) is 70.9 Å². The minimum absolute atomic E-state index is 0.0246. The number of piperazine rings is 1. The van der Waals surface area contributed by atoms with Crippen LogP contribution in [-0.4, -0.2) is 67.7 Å². The molecule has 1 aromatic heterocycles. The highest BCUT2D eigenvalue weighted by atomic mass is 16.5. The fourth-order valence-corrected chi connectivity index (χ4v) is 4.17. The molecule has 8 heteroatoms. The van der Waals surface area contributed by atoms with E-state index >= 15 is 0 Å². The van der Waals surface area contributed by atoms with E-state index in [1.807, 2.05) is 28.9 Å². The van der Waals surface area contributed by atoms with Crippen molar-refractivity contribution in [2.45, 2.75) is 12.6 Å². The van der Waals surface area contributed by atoms with Crippen molar-refractivity contribution in [2.24, 2.45) is 0 Å². The number of nitrogens with one attached hydrogen (secondary N) is 2. The van der Waals surface area contributed by atoms with Crippen LogP contribution in [0.3, 0.4) is 0 Å². The summed E-state index contributed by atoms with van der Waals surface area (Å²) in [6.45, 7) is 5.01. The van der Waals surface area contributed by atoms with Gasteiger partial charge in [0.1, 0.15) is 26.2 Å². The van der Waals surface area contributed by atoms with E-state index in [1.54, 1.807) is 19.1 Å². The normalized spacial score (nSPS) is 20.0. The van der Waals surface area contributed by atoms with Crippen LogP contribution in [0.25, 0.3) is 0 Å². The largest absolute Gasteiger partial charge is 0.493 e. The smallest absolute Gasteiger partial charge is 0.214 e. The van der Waals surface area contributed by atoms with Crippen LogP contribution in [0.1, 0.15) is 23.0 Å². The predicted octanol–water partition coefficient (Wildman–Crippen LogP) is -0.759. The Morgan fingerprint density at radius 1 is 0.967 bits per heavy atom. The molecule has 1 aliphatic rings. The van der Waals surface area contributed by atoms with Crippen molar-refractivity contribution < 1.29 is 19.3 Å². The van der Waals surface area contributed by atoms with Gasteiger partial charge in [0.25, 0.3) is 0 Å². The highest BCUT2D eigenvalue weighted by Gasteiger charge is 2.35. The van der Waals surface area contributed by atoms with E-state index in [4.69, 9.17) is 9.47 Å². The van der Waals surface area contributed by atoms with Crippen molar-refractivity contribution >= 4 is 0 Å². The molecule has 0 unspecified atom stereocenters. The van der Waals surface area contributed by atoms with Gasteiger partial charge in [-0.05, 0) is 34.2 Å². The molecule has 158 valence electrons. The second kappa shape index (κ2) is 9.23. The highest BCUT2D eigenvalue weighted by molar-refractivity contribution is 5.44. The Bertz CT molecular complexity index is 953. The molecule has 1 atom stereocenters. The van der Waals surface area contributed by atoms with Gasteiger partial charge in [0.05, 0.1) is 27.8 Å². The molecule has 8 nitrogen and oxygen atoms in total. The van der Waals surface area contributed by atoms with Crippen molar-refractivity contribution in [1.82, 2.24) is 20.2 Å². The molecule has 0 saturated carbocycles. The first-order chi connectivity index (χ1) is 14.7. The number of ether oxygens (including phenoxy) is 2. The van der Waals surface area contributed by atoms with Crippen molar-refractivity contribution in [1.29, 1.82) is 0 Å². The maximum atomic E-state index is 5.58. The molecule has 3 aromatic rings. The van der Waals surface area contributed by atoms with Crippen molar-refractivity contribution in [3.8, 4) is 11.5 Å². The van der Waals surface area contributed by atoms with Crippen molar-refractivity contribution in [3.63, 3.8) is 0 Å². The summed E-state index contributed by atoms with van der Waals surface area (Å²) >= 11 is 0. The minimum atomic E-state index is 0.0246. The van der Waals surface area contributed by atoms with Crippen LogP contribution in [-0.2, 0) is 6.54 Å². The fraction of sp³-hybridized carbons (Fsp3) is 0.409. The lowest BCUT2D eigenvalue weighted by atomic mass is 10.0. The van der Waals surface area contributed by atoms with Gasteiger partial charge in [0.15, 0.2) is 17.5 Å². The molecule has 1 aliphatic heterocycles. The second-order valence-electron chi connectivity index (χ2n) is 7.84. The summed E-state index contributed by atoms with van der Waals surface area (Å²) in [4.78, 5) is 3.03. The molecule has 2 N–H and O–H groups in total. The van der Waals surface area contributed by atoms with E-state index in [2.05, 4.69) is 46.8 Å². The van der Waals surface area contributed by atoms with Crippen LogP contribution in [0, 0.1) is 0 Å². The zero-order chi connectivity index (χ0) is 20.9. The number of methoxy groups -OCH3 is 2. The summed E-state index contributed by atoms with van der Waals surface area (Å²) in [6.07, 6.45) is 0.